The molecular formula is C72H140O17P2. The molecule has 0 aromatic carbocycles. The number of carbonyl (C=O) groups is 4. The van der Waals surface area contributed by atoms with Gasteiger partial charge in [0.05, 0.1) is 26.4 Å². The second-order valence-electron chi connectivity index (χ2n) is 27.2. The Morgan fingerprint density at radius 1 is 0.319 bits per heavy atom. The van der Waals surface area contributed by atoms with Crippen LogP contribution in [0.25, 0.3) is 0 Å². The molecule has 0 radical (unpaired) electrons. The summed E-state index contributed by atoms with van der Waals surface area (Å²) in [5.41, 5.74) is 0. The van der Waals surface area contributed by atoms with Gasteiger partial charge in [0.15, 0.2) is 12.2 Å². The summed E-state index contributed by atoms with van der Waals surface area (Å²) in [4.78, 5) is 72.6. The first kappa shape index (κ1) is 89.1. The van der Waals surface area contributed by atoms with Crippen LogP contribution >= 0.6 is 15.6 Å². The lowest BCUT2D eigenvalue weighted by atomic mass is 10.00. The van der Waals surface area contributed by atoms with E-state index in [2.05, 4.69) is 48.5 Å². The largest absolute Gasteiger partial charge is 0.472 e. The van der Waals surface area contributed by atoms with Gasteiger partial charge in [-0.15, -0.1) is 0 Å². The summed E-state index contributed by atoms with van der Waals surface area (Å²) in [6.07, 6.45) is 47.1. The van der Waals surface area contributed by atoms with Gasteiger partial charge in [-0.05, 0) is 43.4 Å². The van der Waals surface area contributed by atoms with E-state index in [1.165, 1.54) is 167 Å². The van der Waals surface area contributed by atoms with Crippen LogP contribution in [0.1, 0.15) is 363 Å². The van der Waals surface area contributed by atoms with Crippen LogP contribution in [-0.4, -0.2) is 96.7 Å². The molecule has 0 aromatic heterocycles. The highest BCUT2D eigenvalue weighted by Crippen LogP contribution is 2.45. The summed E-state index contributed by atoms with van der Waals surface area (Å²) >= 11 is 0. The molecule has 0 aliphatic carbocycles. The lowest BCUT2D eigenvalue weighted by Crippen LogP contribution is -2.30. The average molecular weight is 1340 g/mol. The molecule has 0 fully saturated rings. The second-order valence-corrected chi connectivity index (χ2v) is 30.1. The van der Waals surface area contributed by atoms with Crippen LogP contribution in [0.5, 0.6) is 0 Å². The highest BCUT2D eigenvalue weighted by Gasteiger charge is 2.30. The second kappa shape index (κ2) is 62.8. The van der Waals surface area contributed by atoms with E-state index < -0.39 is 97.5 Å². The topological polar surface area (TPSA) is 237 Å². The fraction of sp³-hybridized carbons (Fsp3) is 0.944. The van der Waals surface area contributed by atoms with E-state index in [1.807, 2.05) is 0 Å². The van der Waals surface area contributed by atoms with Crippen molar-refractivity contribution in [2.24, 2.45) is 17.8 Å². The van der Waals surface area contributed by atoms with Gasteiger partial charge >= 0.3 is 39.5 Å². The average Bonchev–Trinajstić information content (AvgIpc) is 3.71. The van der Waals surface area contributed by atoms with Crippen LogP contribution in [0.15, 0.2) is 0 Å². The third-order valence-corrected chi connectivity index (χ3v) is 18.9. The van der Waals surface area contributed by atoms with Gasteiger partial charge < -0.3 is 33.8 Å². The number of esters is 4. The Morgan fingerprint density at radius 2 is 0.560 bits per heavy atom. The molecule has 0 bridgehead atoms. The van der Waals surface area contributed by atoms with E-state index in [0.29, 0.717) is 25.7 Å². The number of phosphoric acid groups is 2. The lowest BCUT2D eigenvalue weighted by Gasteiger charge is -2.21. The van der Waals surface area contributed by atoms with Gasteiger partial charge in [0.1, 0.15) is 19.3 Å². The molecule has 17 nitrogen and oxygen atoms in total. The van der Waals surface area contributed by atoms with Crippen LogP contribution < -0.4 is 0 Å². The minimum absolute atomic E-state index is 0.104. The van der Waals surface area contributed by atoms with E-state index in [0.717, 1.165) is 114 Å². The number of hydrogen-bond acceptors (Lipinski definition) is 15. The van der Waals surface area contributed by atoms with Gasteiger partial charge in [0.2, 0.25) is 0 Å². The molecule has 0 aromatic rings. The molecule has 3 N–H and O–H groups in total. The molecular weight excluding hydrogens is 1200 g/mol. The Hall–Kier alpha value is -1.94. The zero-order valence-electron chi connectivity index (χ0n) is 59.3. The number of rotatable bonds is 70. The van der Waals surface area contributed by atoms with Crippen molar-refractivity contribution in [2.75, 3.05) is 39.6 Å². The molecule has 0 saturated carbocycles. The first-order chi connectivity index (χ1) is 43.8. The molecule has 540 valence electrons. The summed E-state index contributed by atoms with van der Waals surface area (Å²) in [7, 11) is -9.91. The van der Waals surface area contributed by atoms with Crippen molar-refractivity contribution in [3.8, 4) is 0 Å². The van der Waals surface area contributed by atoms with E-state index in [1.54, 1.807) is 0 Å². The zero-order chi connectivity index (χ0) is 67.3. The van der Waals surface area contributed by atoms with E-state index in [4.69, 9.17) is 37.0 Å². The molecule has 0 aliphatic heterocycles. The third-order valence-electron chi connectivity index (χ3n) is 17.0. The molecule has 0 rings (SSSR count). The molecule has 0 saturated heterocycles. The summed E-state index contributed by atoms with van der Waals surface area (Å²) in [5.74, 6) is 0.130. The van der Waals surface area contributed by atoms with Gasteiger partial charge in [-0.3, -0.25) is 37.3 Å². The number of aliphatic hydroxyl groups is 1. The number of ether oxygens (including phenoxy) is 4. The minimum atomic E-state index is -4.95. The lowest BCUT2D eigenvalue weighted by molar-refractivity contribution is -0.161. The van der Waals surface area contributed by atoms with Crippen LogP contribution in [-0.2, 0) is 65.4 Å². The maximum absolute atomic E-state index is 13.0. The molecule has 3 unspecified atom stereocenters. The molecule has 91 heavy (non-hydrogen) atoms. The maximum atomic E-state index is 13.0. The first-order valence-corrected chi connectivity index (χ1v) is 40.4. The monoisotopic (exact) mass is 1340 g/mol. The molecule has 19 heteroatoms. The molecule has 6 atom stereocenters. The van der Waals surface area contributed by atoms with Crippen molar-refractivity contribution < 1.29 is 80.2 Å². The number of carbonyl (C=O) groups excluding carboxylic acids is 4. The Balaban J connectivity index is 5.26. The Labute approximate surface area is 556 Å². The summed E-state index contributed by atoms with van der Waals surface area (Å²) < 4.78 is 68.4. The van der Waals surface area contributed by atoms with E-state index in [-0.39, 0.29) is 25.7 Å². The zero-order valence-corrected chi connectivity index (χ0v) is 61.1. The summed E-state index contributed by atoms with van der Waals surface area (Å²) in [6, 6.07) is 0. The fourth-order valence-electron chi connectivity index (χ4n) is 10.9. The van der Waals surface area contributed by atoms with Crippen molar-refractivity contribution in [2.45, 2.75) is 381 Å². The Bertz CT molecular complexity index is 1790. The Morgan fingerprint density at radius 3 is 0.835 bits per heavy atom. The highest BCUT2D eigenvalue weighted by molar-refractivity contribution is 7.47. The fourth-order valence-corrected chi connectivity index (χ4v) is 12.4. The van der Waals surface area contributed by atoms with Crippen molar-refractivity contribution in [3.63, 3.8) is 0 Å². The van der Waals surface area contributed by atoms with Gasteiger partial charge in [0.25, 0.3) is 0 Å². The van der Waals surface area contributed by atoms with Crippen molar-refractivity contribution in [1.82, 2.24) is 0 Å². The summed E-state index contributed by atoms with van der Waals surface area (Å²) in [5, 5.41) is 10.6. The number of phosphoric ester groups is 2. The predicted molar refractivity (Wildman–Crippen MR) is 368 cm³/mol. The SMILES string of the molecule is CCCCCCCCCCCCCCCC(=O)OC[C@H](COP(=O)(O)OC[C@@H](O)COP(=O)(O)OC[C@@H](COC(=O)CCCCCCCCC(C)CC)OC(=O)CCCCCCCCCCCC(C)C)OC(=O)CCCCCCCCCCCCCCCC(C)C. The van der Waals surface area contributed by atoms with Crippen molar-refractivity contribution in [3.05, 3.63) is 0 Å². The van der Waals surface area contributed by atoms with Gasteiger partial charge in [-0.2, -0.15) is 0 Å². The number of hydrogen-bond donors (Lipinski definition) is 3. The smallest absolute Gasteiger partial charge is 0.462 e. The Kier molecular flexibility index (Phi) is 61.5. The highest BCUT2D eigenvalue weighted by atomic mass is 31.2. The molecule has 0 spiro atoms. The number of unbranched alkanes of at least 4 members (excludes halogenated alkanes) is 37. The van der Waals surface area contributed by atoms with Crippen LogP contribution in [0.3, 0.4) is 0 Å². The van der Waals surface area contributed by atoms with Gasteiger partial charge in [0, 0.05) is 25.7 Å². The molecule has 0 aliphatic rings. The minimum Gasteiger partial charge on any atom is -0.462 e. The quantitative estimate of drug-likeness (QED) is 0.0222. The predicted octanol–water partition coefficient (Wildman–Crippen LogP) is 20.6. The summed E-state index contributed by atoms with van der Waals surface area (Å²) in [6.45, 7) is 11.8. The van der Waals surface area contributed by atoms with Crippen LogP contribution in [0.4, 0.5) is 0 Å². The van der Waals surface area contributed by atoms with Gasteiger partial charge in [-0.1, -0.05) is 312 Å². The van der Waals surface area contributed by atoms with Crippen molar-refractivity contribution in [1.29, 1.82) is 0 Å². The van der Waals surface area contributed by atoms with Gasteiger partial charge in [-0.25, -0.2) is 9.13 Å². The van der Waals surface area contributed by atoms with Crippen molar-refractivity contribution >= 4 is 39.5 Å². The standard InChI is InChI=1S/C72H140O17P2/c1-8-10-11-12-13-14-15-17-21-26-31-39-46-53-69(74)82-59-67(88-71(76)55-48-41-32-27-22-19-16-18-20-24-29-36-43-50-63(3)4)61-86-90(78,79)84-57-66(73)58-85-91(80,81)87-62-68(60-83-70(75)54-47-40-35-34-38-45-52-65(7)9-2)89-72(77)56-49-42-33-28-23-25-30-37-44-51-64(5)6/h63-68,73H,8-62H2,1-7H3,(H,78,79)(H,80,81)/t65?,66-,67-,68-/m1/s1. The van der Waals surface area contributed by atoms with Crippen LogP contribution in [0.2, 0.25) is 0 Å². The normalized spacial score (nSPS) is 14.5. The van der Waals surface area contributed by atoms with Crippen LogP contribution in [0, 0.1) is 17.8 Å². The number of aliphatic hydroxyl groups excluding tert-OH is 1. The third kappa shape index (κ3) is 65.1. The van der Waals surface area contributed by atoms with E-state index >= 15 is 0 Å². The first-order valence-electron chi connectivity index (χ1n) is 37.4. The molecule has 0 amide bonds. The van der Waals surface area contributed by atoms with E-state index in [9.17, 15) is 43.2 Å². The molecule has 0 heterocycles. The maximum Gasteiger partial charge on any atom is 0.472 e.